The SMILES string of the molecule is CC(C)c1nc2ccc(Br)cc2c(=O)n1N=Cc1ccc(OCc2ccc(Br)cc2Br)c(I)c1. The Kier molecular flexibility index (Phi) is 8.27. The number of hydrogen-bond acceptors (Lipinski definition) is 4. The topological polar surface area (TPSA) is 56.5 Å². The van der Waals surface area contributed by atoms with E-state index in [1.54, 1.807) is 12.3 Å². The molecule has 0 N–H and O–H groups in total. The molecule has 0 aliphatic carbocycles. The highest BCUT2D eigenvalue weighted by molar-refractivity contribution is 14.1. The minimum Gasteiger partial charge on any atom is -0.488 e. The molecule has 0 radical (unpaired) electrons. The van der Waals surface area contributed by atoms with Gasteiger partial charge in [0.1, 0.15) is 18.2 Å². The summed E-state index contributed by atoms with van der Waals surface area (Å²) in [4.78, 5) is 17.9. The maximum absolute atomic E-state index is 13.2. The van der Waals surface area contributed by atoms with Crippen molar-refractivity contribution in [2.75, 3.05) is 0 Å². The van der Waals surface area contributed by atoms with Crippen LogP contribution in [0.15, 0.2) is 77.9 Å². The zero-order valence-corrected chi connectivity index (χ0v) is 25.1. The van der Waals surface area contributed by atoms with E-state index in [9.17, 15) is 4.79 Å². The van der Waals surface area contributed by atoms with Crippen LogP contribution in [0.5, 0.6) is 5.75 Å². The van der Waals surface area contributed by atoms with Crippen LogP contribution in [-0.4, -0.2) is 15.9 Å². The first kappa shape index (κ1) is 25.5. The van der Waals surface area contributed by atoms with E-state index in [0.29, 0.717) is 23.3 Å². The van der Waals surface area contributed by atoms with E-state index in [2.05, 4.69) is 80.5 Å². The molecule has 4 rings (SSSR count). The maximum atomic E-state index is 13.2. The number of rotatable bonds is 6. The average molecular weight is 760 g/mol. The van der Waals surface area contributed by atoms with Gasteiger partial charge in [-0.25, -0.2) is 4.98 Å². The molecule has 5 nitrogen and oxygen atoms in total. The minimum atomic E-state index is -0.194. The van der Waals surface area contributed by atoms with Crippen molar-refractivity contribution in [3.8, 4) is 5.75 Å². The molecule has 34 heavy (non-hydrogen) atoms. The van der Waals surface area contributed by atoms with Gasteiger partial charge in [-0.1, -0.05) is 67.7 Å². The summed E-state index contributed by atoms with van der Waals surface area (Å²) in [5, 5.41) is 5.03. The Morgan fingerprint density at radius 2 is 1.79 bits per heavy atom. The van der Waals surface area contributed by atoms with Crippen LogP contribution in [-0.2, 0) is 6.61 Å². The molecule has 0 bridgehead atoms. The van der Waals surface area contributed by atoms with E-state index < -0.39 is 0 Å². The summed E-state index contributed by atoms with van der Waals surface area (Å²) in [5.74, 6) is 1.43. The highest BCUT2D eigenvalue weighted by Gasteiger charge is 2.14. The Balaban J connectivity index is 1.60. The Morgan fingerprint density at radius 1 is 1.06 bits per heavy atom. The first-order chi connectivity index (χ1) is 16.2. The third kappa shape index (κ3) is 5.80. The molecule has 0 aliphatic heterocycles. The van der Waals surface area contributed by atoms with Gasteiger partial charge in [0.25, 0.3) is 5.56 Å². The maximum Gasteiger partial charge on any atom is 0.282 e. The molecule has 0 saturated carbocycles. The fourth-order valence-corrected chi connectivity index (χ4v) is 5.50. The van der Waals surface area contributed by atoms with Crippen molar-refractivity contribution in [3.63, 3.8) is 0 Å². The lowest BCUT2D eigenvalue weighted by Crippen LogP contribution is -2.23. The molecule has 9 heteroatoms. The van der Waals surface area contributed by atoms with Gasteiger partial charge in [0.2, 0.25) is 0 Å². The second-order valence-corrected chi connectivity index (χ2v) is 11.7. The van der Waals surface area contributed by atoms with Gasteiger partial charge in [-0.2, -0.15) is 9.78 Å². The third-order valence-electron chi connectivity index (χ3n) is 5.03. The summed E-state index contributed by atoms with van der Waals surface area (Å²) in [6.07, 6.45) is 1.68. The van der Waals surface area contributed by atoms with E-state index in [1.807, 2.05) is 62.4 Å². The molecule has 174 valence electrons. The summed E-state index contributed by atoms with van der Waals surface area (Å²) in [7, 11) is 0. The van der Waals surface area contributed by atoms with Gasteiger partial charge < -0.3 is 4.74 Å². The number of halogens is 4. The van der Waals surface area contributed by atoms with E-state index >= 15 is 0 Å². The van der Waals surface area contributed by atoms with Crippen LogP contribution < -0.4 is 10.3 Å². The minimum absolute atomic E-state index is 0.0340. The van der Waals surface area contributed by atoms with Crippen molar-refractivity contribution in [3.05, 3.63) is 98.9 Å². The second-order valence-electron chi connectivity index (χ2n) is 7.86. The fourth-order valence-electron chi connectivity index (χ4n) is 3.28. The van der Waals surface area contributed by atoms with Gasteiger partial charge in [-0.15, -0.1) is 0 Å². The number of fused-ring (bicyclic) bond motifs is 1. The predicted molar refractivity (Wildman–Crippen MR) is 156 cm³/mol. The highest BCUT2D eigenvalue weighted by Crippen LogP contribution is 2.26. The Hall–Kier alpha value is -1.56. The standard InChI is InChI=1S/C25H19Br3IN3O2/c1-14(2)24-31-22-7-6-17(26)10-19(22)25(33)32(24)30-12-15-3-8-23(21(29)9-15)34-13-16-4-5-18(27)11-20(16)28/h3-12,14H,13H2,1-2H3. The fraction of sp³-hybridized carbons (Fsp3) is 0.160. The van der Waals surface area contributed by atoms with E-state index in [1.165, 1.54) is 4.68 Å². The van der Waals surface area contributed by atoms with Gasteiger partial charge in [-0.3, -0.25) is 4.79 Å². The van der Waals surface area contributed by atoms with E-state index in [4.69, 9.17) is 4.74 Å². The summed E-state index contributed by atoms with van der Waals surface area (Å²) in [5.41, 5.74) is 2.39. The smallest absolute Gasteiger partial charge is 0.282 e. The van der Waals surface area contributed by atoms with Crippen molar-refractivity contribution in [2.45, 2.75) is 26.4 Å². The molecule has 0 unspecified atom stereocenters. The predicted octanol–water partition coefficient (Wildman–Crippen LogP) is 7.87. The average Bonchev–Trinajstić information content (AvgIpc) is 2.79. The molecule has 0 aliphatic rings. The van der Waals surface area contributed by atoms with E-state index in [-0.39, 0.29) is 11.5 Å². The van der Waals surface area contributed by atoms with Crippen LogP contribution in [0.1, 0.15) is 36.7 Å². The van der Waals surface area contributed by atoms with Crippen molar-refractivity contribution >= 4 is 87.5 Å². The van der Waals surface area contributed by atoms with E-state index in [0.717, 1.165) is 33.9 Å². The van der Waals surface area contributed by atoms with Gasteiger partial charge >= 0.3 is 0 Å². The third-order valence-corrected chi connectivity index (χ3v) is 7.59. The molecular weight excluding hydrogens is 741 g/mol. The Labute approximate surface area is 236 Å². The van der Waals surface area contributed by atoms with Crippen LogP contribution in [0.4, 0.5) is 0 Å². The zero-order chi connectivity index (χ0) is 24.4. The van der Waals surface area contributed by atoms with Crippen molar-refractivity contribution in [2.24, 2.45) is 5.10 Å². The van der Waals surface area contributed by atoms with Crippen LogP contribution in [0, 0.1) is 3.57 Å². The molecule has 3 aromatic carbocycles. The number of aromatic nitrogens is 2. The molecule has 0 fully saturated rings. The van der Waals surface area contributed by atoms with Gasteiger partial charge in [0, 0.05) is 24.9 Å². The van der Waals surface area contributed by atoms with Crippen molar-refractivity contribution in [1.82, 2.24) is 9.66 Å². The zero-order valence-electron chi connectivity index (χ0n) is 18.2. The molecule has 4 aromatic rings. The van der Waals surface area contributed by atoms with Crippen molar-refractivity contribution < 1.29 is 4.74 Å². The van der Waals surface area contributed by atoms with Crippen LogP contribution >= 0.6 is 70.4 Å². The Morgan fingerprint density at radius 3 is 2.50 bits per heavy atom. The highest BCUT2D eigenvalue weighted by atomic mass is 127. The molecule has 1 heterocycles. The monoisotopic (exact) mass is 757 g/mol. The molecule has 0 spiro atoms. The molecular formula is C25H19Br3IN3O2. The van der Waals surface area contributed by atoms with Crippen LogP contribution in [0.25, 0.3) is 10.9 Å². The lowest BCUT2D eigenvalue weighted by Gasteiger charge is -2.12. The van der Waals surface area contributed by atoms with Crippen LogP contribution in [0.2, 0.25) is 0 Å². The first-order valence-corrected chi connectivity index (χ1v) is 13.8. The van der Waals surface area contributed by atoms with Crippen molar-refractivity contribution in [1.29, 1.82) is 0 Å². The van der Waals surface area contributed by atoms with Gasteiger partial charge in [-0.05, 0) is 76.7 Å². The number of benzene rings is 3. The van der Waals surface area contributed by atoms with Gasteiger partial charge in [0.05, 0.1) is 20.7 Å². The lowest BCUT2D eigenvalue weighted by atomic mass is 10.2. The largest absolute Gasteiger partial charge is 0.488 e. The summed E-state index contributed by atoms with van der Waals surface area (Å²) in [6, 6.07) is 17.3. The summed E-state index contributed by atoms with van der Waals surface area (Å²) < 4.78 is 11.2. The lowest BCUT2D eigenvalue weighted by molar-refractivity contribution is 0.303. The summed E-state index contributed by atoms with van der Waals surface area (Å²) >= 11 is 12.7. The van der Waals surface area contributed by atoms with Gasteiger partial charge in [0.15, 0.2) is 0 Å². The first-order valence-electron chi connectivity index (χ1n) is 10.4. The molecule has 0 saturated heterocycles. The summed E-state index contributed by atoms with van der Waals surface area (Å²) in [6.45, 7) is 4.44. The Bertz CT molecular complexity index is 1470. The number of hydrogen-bond donors (Lipinski definition) is 0. The number of ether oxygens (including phenoxy) is 1. The normalized spacial score (nSPS) is 11.6. The van der Waals surface area contributed by atoms with Crippen LogP contribution in [0.3, 0.4) is 0 Å². The molecule has 1 aromatic heterocycles. The molecule has 0 amide bonds. The quantitative estimate of drug-likeness (QED) is 0.149. The molecule has 0 atom stereocenters. The number of nitrogens with zero attached hydrogens (tertiary/aromatic N) is 3. The second kappa shape index (κ2) is 11.0.